The van der Waals surface area contributed by atoms with Gasteiger partial charge in [0.1, 0.15) is 18.1 Å². The average Bonchev–Trinajstić information content (AvgIpc) is 3.20. The number of carbonyl (C=O) groups is 3. The molecule has 1 fully saturated rings. The zero-order chi connectivity index (χ0) is 28.8. The normalized spacial score (nSPS) is 16.4. The van der Waals surface area contributed by atoms with E-state index in [9.17, 15) is 19.5 Å². The van der Waals surface area contributed by atoms with Gasteiger partial charge in [0.25, 0.3) is 11.7 Å². The number of aliphatic hydroxyl groups excluding tert-OH is 1. The van der Waals surface area contributed by atoms with Gasteiger partial charge in [0, 0.05) is 12.1 Å². The summed E-state index contributed by atoms with van der Waals surface area (Å²) in [5.74, 6) is -1.56. The molecule has 1 atom stereocenters. The summed E-state index contributed by atoms with van der Waals surface area (Å²) in [5.41, 5.74) is 3.54. The van der Waals surface area contributed by atoms with Gasteiger partial charge in [-0.3, -0.25) is 9.59 Å². The third kappa shape index (κ3) is 6.40. The number of benzene rings is 3. The number of amides is 1. The van der Waals surface area contributed by atoms with Crippen LogP contribution in [0.4, 0.5) is 0 Å². The van der Waals surface area contributed by atoms with E-state index < -0.39 is 23.7 Å². The molecule has 1 aliphatic heterocycles. The minimum absolute atomic E-state index is 0.00843. The fourth-order valence-electron chi connectivity index (χ4n) is 4.77. The SMILES string of the molecule is COC(=O)c1ccc(C2C(=C(O)c3ccc(OCc4cccc(C)c4)cc3)C(=O)C(=O)N2CCCN(C)C)cc1. The molecule has 208 valence electrons. The van der Waals surface area contributed by atoms with Gasteiger partial charge in [-0.15, -0.1) is 0 Å². The number of ketones is 1. The fourth-order valence-corrected chi connectivity index (χ4v) is 4.77. The first-order chi connectivity index (χ1) is 19.2. The molecule has 3 aromatic rings. The van der Waals surface area contributed by atoms with Crippen LogP contribution in [-0.2, 0) is 20.9 Å². The largest absolute Gasteiger partial charge is 0.507 e. The Morgan fingerprint density at radius 1 is 0.975 bits per heavy atom. The van der Waals surface area contributed by atoms with E-state index in [0.29, 0.717) is 42.0 Å². The molecule has 40 heavy (non-hydrogen) atoms. The van der Waals surface area contributed by atoms with Gasteiger partial charge in [0.15, 0.2) is 0 Å². The van der Waals surface area contributed by atoms with E-state index in [1.165, 1.54) is 12.0 Å². The van der Waals surface area contributed by atoms with Crippen LogP contribution in [0.25, 0.3) is 5.76 Å². The molecule has 1 unspecified atom stereocenters. The van der Waals surface area contributed by atoms with E-state index in [4.69, 9.17) is 9.47 Å². The van der Waals surface area contributed by atoms with Gasteiger partial charge in [-0.1, -0.05) is 42.0 Å². The van der Waals surface area contributed by atoms with E-state index in [1.807, 2.05) is 44.1 Å². The van der Waals surface area contributed by atoms with E-state index in [2.05, 4.69) is 6.07 Å². The Kier molecular flexibility index (Phi) is 9.01. The Hall–Kier alpha value is -4.43. The highest BCUT2D eigenvalue weighted by Crippen LogP contribution is 2.39. The molecule has 1 amide bonds. The van der Waals surface area contributed by atoms with Crippen LogP contribution in [0.15, 0.2) is 78.4 Å². The van der Waals surface area contributed by atoms with Crippen molar-refractivity contribution < 1.29 is 29.0 Å². The maximum absolute atomic E-state index is 13.3. The highest BCUT2D eigenvalue weighted by atomic mass is 16.5. The standard InChI is InChI=1S/C32H34N2O6/c1-21-7-5-8-22(19-21)20-40-26-15-13-24(14-16-26)29(35)27-28(23-9-11-25(12-10-23)32(38)39-4)34(31(37)30(27)36)18-6-17-33(2)3/h5,7-16,19,28,35H,6,17-18,20H2,1-4H3. The summed E-state index contributed by atoms with van der Waals surface area (Å²) in [7, 11) is 5.17. The quantitative estimate of drug-likeness (QED) is 0.171. The predicted octanol–water partition coefficient (Wildman–Crippen LogP) is 4.73. The Bertz CT molecular complexity index is 1410. The molecule has 1 heterocycles. The zero-order valence-corrected chi connectivity index (χ0v) is 23.2. The molecule has 0 bridgehead atoms. The predicted molar refractivity (Wildman–Crippen MR) is 152 cm³/mol. The first-order valence-electron chi connectivity index (χ1n) is 13.1. The number of nitrogens with zero attached hydrogens (tertiary/aromatic N) is 2. The Labute approximate surface area is 234 Å². The highest BCUT2D eigenvalue weighted by Gasteiger charge is 2.45. The lowest BCUT2D eigenvalue weighted by Crippen LogP contribution is -2.32. The van der Waals surface area contributed by atoms with Crippen LogP contribution < -0.4 is 4.74 Å². The van der Waals surface area contributed by atoms with Crippen molar-refractivity contribution >= 4 is 23.4 Å². The van der Waals surface area contributed by atoms with Crippen LogP contribution in [0.2, 0.25) is 0 Å². The molecular weight excluding hydrogens is 508 g/mol. The molecule has 4 rings (SSSR count). The summed E-state index contributed by atoms with van der Waals surface area (Å²) < 4.78 is 10.7. The van der Waals surface area contributed by atoms with Crippen LogP contribution in [0.3, 0.4) is 0 Å². The Balaban J connectivity index is 1.64. The third-order valence-corrected chi connectivity index (χ3v) is 6.81. The number of rotatable bonds is 10. The van der Waals surface area contributed by atoms with E-state index in [1.54, 1.807) is 48.5 Å². The number of methoxy groups -OCH3 is 1. The second kappa shape index (κ2) is 12.6. The van der Waals surface area contributed by atoms with Gasteiger partial charge in [-0.25, -0.2) is 4.79 Å². The summed E-state index contributed by atoms with van der Waals surface area (Å²) >= 11 is 0. The number of aliphatic hydroxyl groups is 1. The van der Waals surface area contributed by atoms with Gasteiger partial charge < -0.3 is 24.4 Å². The molecule has 0 radical (unpaired) electrons. The monoisotopic (exact) mass is 542 g/mol. The van der Waals surface area contributed by atoms with Crippen molar-refractivity contribution in [1.29, 1.82) is 0 Å². The third-order valence-electron chi connectivity index (χ3n) is 6.81. The van der Waals surface area contributed by atoms with Crippen LogP contribution in [0.5, 0.6) is 5.75 Å². The van der Waals surface area contributed by atoms with Crippen LogP contribution in [0.1, 0.15) is 45.1 Å². The van der Waals surface area contributed by atoms with Crippen molar-refractivity contribution in [3.8, 4) is 5.75 Å². The molecule has 0 spiro atoms. The second-order valence-electron chi connectivity index (χ2n) is 10.1. The number of Topliss-reactive ketones (excluding diaryl/α,β-unsaturated/α-hetero) is 1. The van der Waals surface area contributed by atoms with E-state index >= 15 is 0 Å². The van der Waals surface area contributed by atoms with Gasteiger partial charge in [-0.2, -0.15) is 0 Å². The van der Waals surface area contributed by atoms with E-state index in [-0.39, 0.29) is 11.3 Å². The Morgan fingerprint density at radius 2 is 1.65 bits per heavy atom. The molecule has 1 saturated heterocycles. The second-order valence-corrected chi connectivity index (χ2v) is 10.1. The zero-order valence-electron chi connectivity index (χ0n) is 23.2. The molecular formula is C32H34N2O6. The topological polar surface area (TPSA) is 96.4 Å². The maximum atomic E-state index is 13.3. The lowest BCUT2D eigenvalue weighted by atomic mass is 9.94. The smallest absolute Gasteiger partial charge is 0.337 e. The molecule has 1 aliphatic rings. The summed E-state index contributed by atoms with van der Waals surface area (Å²) in [5, 5.41) is 11.3. The summed E-state index contributed by atoms with van der Waals surface area (Å²) in [6.07, 6.45) is 0.643. The molecule has 8 nitrogen and oxygen atoms in total. The summed E-state index contributed by atoms with van der Waals surface area (Å²) in [6, 6.07) is 20.5. The Morgan fingerprint density at radius 3 is 2.27 bits per heavy atom. The average molecular weight is 543 g/mol. The lowest BCUT2D eigenvalue weighted by Gasteiger charge is -2.26. The first-order valence-corrected chi connectivity index (χ1v) is 13.1. The number of likely N-dealkylation sites (tertiary alicyclic amines) is 1. The summed E-state index contributed by atoms with van der Waals surface area (Å²) in [4.78, 5) is 41.9. The number of carbonyl (C=O) groups excluding carboxylic acids is 3. The van der Waals surface area contributed by atoms with Crippen molar-refractivity contribution in [1.82, 2.24) is 9.80 Å². The number of esters is 1. The lowest BCUT2D eigenvalue weighted by molar-refractivity contribution is -0.139. The molecule has 3 aromatic carbocycles. The van der Waals surface area contributed by atoms with Crippen molar-refractivity contribution in [2.45, 2.75) is 26.0 Å². The van der Waals surface area contributed by atoms with Crippen molar-refractivity contribution in [2.75, 3.05) is 34.3 Å². The minimum Gasteiger partial charge on any atom is -0.507 e. The maximum Gasteiger partial charge on any atom is 0.337 e. The van der Waals surface area contributed by atoms with Crippen molar-refractivity contribution in [2.24, 2.45) is 0 Å². The van der Waals surface area contributed by atoms with Crippen molar-refractivity contribution in [3.63, 3.8) is 0 Å². The number of ether oxygens (including phenoxy) is 2. The van der Waals surface area contributed by atoms with Crippen LogP contribution in [-0.4, -0.2) is 66.9 Å². The van der Waals surface area contributed by atoms with Gasteiger partial charge in [0.2, 0.25) is 0 Å². The molecule has 1 N–H and O–H groups in total. The van der Waals surface area contributed by atoms with Crippen molar-refractivity contribution in [3.05, 3.63) is 106 Å². The van der Waals surface area contributed by atoms with Crippen LogP contribution in [0, 0.1) is 6.92 Å². The molecule has 0 aromatic heterocycles. The number of hydrogen-bond donors (Lipinski definition) is 1. The molecule has 0 saturated carbocycles. The first kappa shape index (κ1) is 28.6. The highest BCUT2D eigenvalue weighted by molar-refractivity contribution is 6.46. The van der Waals surface area contributed by atoms with Gasteiger partial charge in [0.05, 0.1) is 24.3 Å². The number of aryl methyl sites for hydroxylation is 1. The number of hydrogen-bond acceptors (Lipinski definition) is 7. The van der Waals surface area contributed by atoms with Gasteiger partial charge >= 0.3 is 5.97 Å². The van der Waals surface area contributed by atoms with Crippen LogP contribution >= 0.6 is 0 Å². The van der Waals surface area contributed by atoms with Gasteiger partial charge in [-0.05, 0) is 81.5 Å². The fraction of sp³-hybridized carbons (Fsp3) is 0.281. The minimum atomic E-state index is -0.800. The molecule has 0 aliphatic carbocycles. The summed E-state index contributed by atoms with van der Waals surface area (Å²) in [6.45, 7) is 3.47. The van der Waals surface area contributed by atoms with E-state index in [0.717, 1.165) is 17.7 Å². The molecule has 8 heteroatoms.